The van der Waals surface area contributed by atoms with Crippen LogP contribution in [0.25, 0.3) is 0 Å². The largest absolute Gasteiger partial charge is 0.484 e. The molecule has 54 valence electrons. The maximum Gasteiger partial charge on any atom is 0.148 e. The molecule has 3 nitrogen and oxygen atoms in total. The molecule has 0 saturated carbocycles. The second-order valence-corrected chi connectivity index (χ2v) is 1.54. The van der Waals surface area contributed by atoms with Crippen LogP contribution < -0.4 is 5.43 Å². The van der Waals surface area contributed by atoms with Gasteiger partial charge in [-0.3, -0.25) is 5.43 Å². The monoisotopic (exact) mass is 138 g/mol. The SMILES string of the molecule is C#CCO/C(C)=C/NN=C. The van der Waals surface area contributed by atoms with Crippen LogP contribution >= 0.6 is 0 Å². The molecule has 10 heavy (non-hydrogen) atoms. The third kappa shape index (κ3) is 4.72. The molecule has 0 atom stereocenters. The van der Waals surface area contributed by atoms with Crippen molar-refractivity contribution in [1.29, 1.82) is 0 Å². The first-order chi connectivity index (χ1) is 4.81. The normalized spacial score (nSPS) is 9.80. The van der Waals surface area contributed by atoms with Gasteiger partial charge < -0.3 is 4.74 Å². The molecular formula is C7H10N2O. The number of hydrazone groups is 1. The van der Waals surface area contributed by atoms with Gasteiger partial charge in [-0.15, -0.1) is 6.42 Å². The molecule has 0 aliphatic rings. The Labute approximate surface area is 60.8 Å². The number of hydrogen-bond acceptors (Lipinski definition) is 3. The number of rotatable bonds is 4. The van der Waals surface area contributed by atoms with Crippen molar-refractivity contribution in [3.05, 3.63) is 12.0 Å². The molecule has 0 radical (unpaired) electrons. The number of hydrogen-bond donors (Lipinski definition) is 1. The van der Waals surface area contributed by atoms with Gasteiger partial charge in [-0.2, -0.15) is 5.10 Å². The summed E-state index contributed by atoms with van der Waals surface area (Å²) in [6.07, 6.45) is 6.52. The van der Waals surface area contributed by atoms with Gasteiger partial charge in [0.25, 0.3) is 0 Å². The van der Waals surface area contributed by atoms with Crippen molar-refractivity contribution >= 4 is 6.72 Å². The molecule has 0 spiro atoms. The van der Waals surface area contributed by atoms with Gasteiger partial charge in [0.1, 0.15) is 12.4 Å². The third-order valence-corrected chi connectivity index (χ3v) is 0.742. The molecule has 0 aliphatic heterocycles. The minimum Gasteiger partial charge on any atom is -0.484 e. The molecule has 0 rings (SSSR count). The summed E-state index contributed by atoms with van der Waals surface area (Å²) in [6.45, 7) is 5.26. The van der Waals surface area contributed by atoms with Gasteiger partial charge in [-0.1, -0.05) is 5.92 Å². The molecule has 0 heterocycles. The predicted molar refractivity (Wildman–Crippen MR) is 41.2 cm³/mol. The lowest BCUT2D eigenvalue weighted by molar-refractivity contribution is 0.253. The average molecular weight is 138 g/mol. The quantitative estimate of drug-likeness (QED) is 0.268. The highest BCUT2D eigenvalue weighted by Crippen LogP contribution is 1.90. The van der Waals surface area contributed by atoms with Crippen molar-refractivity contribution in [2.75, 3.05) is 6.61 Å². The molecular weight excluding hydrogens is 128 g/mol. The number of ether oxygens (including phenoxy) is 1. The second-order valence-electron chi connectivity index (χ2n) is 1.54. The lowest BCUT2D eigenvalue weighted by atomic mass is 10.6. The highest BCUT2D eigenvalue weighted by Gasteiger charge is 1.83. The van der Waals surface area contributed by atoms with Gasteiger partial charge in [0.05, 0.1) is 6.20 Å². The average Bonchev–Trinajstić information content (AvgIpc) is 1.97. The maximum atomic E-state index is 4.97. The van der Waals surface area contributed by atoms with Gasteiger partial charge in [0.15, 0.2) is 0 Å². The molecule has 0 fully saturated rings. The molecule has 0 aliphatic carbocycles. The summed E-state index contributed by atoms with van der Waals surface area (Å²) in [6, 6.07) is 0. The van der Waals surface area contributed by atoms with Crippen LogP contribution in [0.3, 0.4) is 0 Å². The Balaban J connectivity index is 3.51. The van der Waals surface area contributed by atoms with E-state index in [0.717, 1.165) is 0 Å². The fraction of sp³-hybridized carbons (Fsp3) is 0.286. The number of allylic oxidation sites excluding steroid dienone is 1. The van der Waals surface area contributed by atoms with Crippen LogP contribution in [0.4, 0.5) is 0 Å². The van der Waals surface area contributed by atoms with E-state index in [1.807, 2.05) is 0 Å². The molecule has 0 saturated heterocycles. The van der Waals surface area contributed by atoms with E-state index >= 15 is 0 Å². The minimum absolute atomic E-state index is 0.279. The zero-order valence-corrected chi connectivity index (χ0v) is 5.92. The molecule has 0 aromatic carbocycles. The Hall–Kier alpha value is -1.43. The van der Waals surface area contributed by atoms with Crippen LogP contribution in [0, 0.1) is 12.3 Å². The topological polar surface area (TPSA) is 33.6 Å². The van der Waals surface area contributed by atoms with Crippen LogP contribution in [0.2, 0.25) is 0 Å². The lowest BCUT2D eigenvalue weighted by Crippen LogP contribution is -1.96. The standard InChI is InChI=1S/C7H10N2O/c1-4-5-10-7(2)6-9-8-3/h1,6,9H,3,5H2,2H3/b7-6+. The highest BCUT2D eigenvalue weighted by atomic mass is 16.5. The van der Waals surface area contributed by atoms with Crippen molar-refractivity contribution in [3.8, 4) is 12.3 Å². The predicted octanol–water partition coefficient (Wildman–Crippen LogP) is 0.703. The van der Waals surface area contributed by atoms with E-state index in [0.29, 0.717) is 5.76 Å². The maximum absolute atomic E-state index is 4.97. The zero-order chi connectivity index (χ0) is 7.82. The van der Waals surface area contributed by atoms with Crippen molar-refractivity contribution in [3.63, 3.8) is 0 Å². The van der Waals surface area contributed by atoms with E-state index in [4.69, 9.17) is 11.2 Å². The summed E-state index contributed by atoms with van der Waals surface area (Å²) < 4.78 is 4.97. The van der Waals surface area contributed by atoms with E-state index in [1.165, 1.54) is 0 Å². The fourth-order valence-corrected chi connectivity index (χ4v) is 0.334. The molecule has 0 aromatic rings. The molecule has 3 heteroatoms. The van der Waals surface area contributed by atoms with Gasteiger partial charge >= 0.3 is 0 Å². The van der Waals surface area contributed by atoms with Gasteiger partial charge in [0.2, 0.25) is 0 Å². The summed E-state index contributed by atoms with van der Waals surface area (Å²) in [7, 11) is 0. The summed E-state index contributed by atoms with van der Waals surface area (Å²) in [5.41, 5.74) is 2.52. The first kappa shape index (κ1) is 8.57. The zero-order valence-electron chi connectivity index (χ0n) is 5.92. The summed E-state index contributed by atoms with van der Waals surface area (Å²) in [4.78, 5) is 0. The van der Waals surface area contributed by atoms with Crippen LogP contribution in [-0.4, -0.2) is 13.3 Å². The van der Waals surface area contributed by atoms with E-state index < -0.39 is 0 Å². The highest BCUT2D eigenvalue weighted by molar-refractivity contribution is 5.22. The van der Waals surface area contributed by atoms with Crippen LogP contribution in [0.15, 0.2) is 17.1 Å². The van der Waals surface area contributed by atoms with E-state index in [9.17, 15) is 0 Å². The Morgan fingerprint density at radius 3 is 3.20 bits per heavy atom. The second kappa shape index (κ2) is 5.70. The van der Waals surface area contributed by atoms with Crippen LogP contribution in [0.1, 0.15) is 6.92 Å². The molecule has 1 N–H and O–H groups in total. The smallest absolute Gasteiger partial charge is 0.148 e. The first-order valence-corrected chi connectivity index (χ1v) is 2.75. The number of terminal acetylenes is 1. The summed E-state index contributed by atoms with van der Waals surface area (Å²) in [5, 5.41) is 3.38. The van der Waals surface area contributed by atoms with E-state index in [1.54, 1.807) is 13.1 Å². The van der Waals surface area contributed by atoms with Crippen molar-refractivity contribution in [2.45, 2.75) is 6.92 Å². The van der Waals surface area contributed by atoms with Gasteiger partial charge in [-0.05, 0) is 6.92 Å². The summed E-state index contributed by atoms with van der Waals surface area (Å²) >= 11 is 0. The van der Waals surface area contributed by atoms with E-state index in [-0.39, 0.29) is 6.61 Å². The lowest BCUT2D eigenvalue weighted by Gasteiger charge is -1.99. The Kier molecular flexibility index (Phi) is 4.89. The Morgan fingerprint density at radius 2 is 2.70 bits per heavy atom. The van der Waals surface area contributed by atoms with Crippen molar-refractivity contribution in [2.24, 2.45) is 5.10 Å². The minimum atomic E-state index is 0.279. The van der Waals surface area contributed by atoms with Crippen molar-refractivity contribution < 1.29 is 4.74 Å². The number of nitrogens with one attached hydrogen (secondary N) is 1. The van der Waals surface area contributed by atoms with Crippen LogP contribution in [0.5, 0.6) is 0 Å². The fourth-order valence-electron chi connectivity index (χ4n) is 0.334. The van der Waals surface area contributed by atoms with Gasteiger partial charge in [-0.25, -0.2) is 0 Å². The molecule has 0 aromatic heterocycles. The van der Waals surface area contributed by atoms with E-state index in [2.05, 4.69) is 23.2 Å². The molecule has 0 bridgehead atoms. The van der Waals surface area contributed by atoms with Crippen molar-refractivity contribution in [1.82, 2.24) is 5.43 Å². The third-order valence-electron chi connectivity index (χ3n) is 0.742. The first-order valence-electron chi connectivity index (χ1n) is 2.75. The summed E-state index contributed by atoms with van der Waals surface area (Å²) in [5.74, 6) is 3.02. The number of nitrogens with zero attached hydrogens (tertiary/aromatic N) is 1. The Bertz CT molecular complexity index is 167. The van der Waals surface area contributed by atoms with Gasteiger partial charge in [0, 0.05) is 6.72 Å². The molecule has 0 amide bonds. The Morgan fingerprint density at radius 1 is 2.00 bits per heavy atom. The molecule has 0 unspecified atom stereocenters. The van der Waals surface area contributed by atoms with Crippen LogP contribution in [-0.2, 0) is 4.74 Å².